The molecule has 1 aliphatic rings. The molecule has 1 aliphatic heterocycles. The van der Waals surface area contributed by atoms with Gasteiger partial charge in [0.15, 0.2) is 0 Å². The van der Waals surface area contributed by atoms with Gasteiger partial charge in [-0.2, -0.15) is 0 Å². The van der Waals surface area contributed by atoms with Crippen LogP contribution in [-0.4, -0.2) is 32.1 Å². The van der Waals surface area contributed by atoms with Crippen LogP contribution in [0.15, 0.2) is 24.3 Å². The number of amides is 1. The van der Waals surface area contributed by atoms with E-state index in [0.717, 1.165) is 19.4 Å². The van der Waals surface area contributed by atoms with Crippen LogP contribution in [0.25, 0.3) is 0 Å². The maximum atomic E-state index is 12.5. The lowest BCUT2D eigenvalue weighted by molar-refractivity contribution is -0.124. The van der Waals surface area contributed by atoms with Gasteiger partial charge >= 0.3 is 5.97 Å². The summed E-state index contributed by atoms with van der Waals surface area (Å²) in [5.74, 6) is -0.489. The molecule has 1 saturated heterocycles. The average Bonchev–Trinajstić information content (AvgIpc) is 2.97. The van der Waals surface area contributed by atoms with Crippen molar-refractivity contribution < 1.29 is 14.3 Å². The average molecular weight is 276 g/mol. The highest BCUT2D eigenvalue weighted by atomic mass is 16.5. The lowest BCUT2D eigenvalue weighted by Gasteiger charge is -2.25. The number of carbonyl (C=O) groups is 2. The van der Waals surface area contributed by atoms with Crippen molar-refractivity contribution in [1.82, 2.24) is 5.32 Å². The van der Waals surface area contributed by atoms with E-state index in [9.17, 15) is 9.59 Å². The number of carbonyl (C=O) groups excluding carboxylic acids is 2. The van der Waals surface area contributed by atoms with Gasteiger partial charge in [-0.25, -0.2) is 4.79 Å². The Morgan fingerprint density at radius 3 is 2.75 bits per heavy atom. The van der Waals surface area contributed by atoms with Crippen molar-refractivity contribution in [1.29, 1.82) is 0 Å². The fraction of sp³-hybridized carbons (Fsp3) is 0.467. The molecule has 1 atom stereocenters. The summed E-state index contributed by atoms with van der Waals surface area (Å²) in [6.45, 7) is 3.54. The molecule has 1 heterocycles. The monoisotopic (exact) mass is 276 g/mol. The van der Waals surface area contributed by atoms with E-state index < -0.39 is 5.97 Å². The minimum absolute atomic E-state index is 0.0404. The minimum Gasteiger partial charge on any atom is -0.465 e. The molecule has 0 aliphatic carbocycles. The summed E-state index contributed by atoms with van der Waals surface area (Å²) in [4.78, 5) is 24.2. The first-order chi connectivity index (χ1) is 9.63. The van der Waals surface area contributed by atoms with Gasteiger partial charge in [0.1, 0.15) is 0 Å². The van der Waals surface area contributed by atoms with Crippen LogP contribution < -0.4 is 10.6 Å². The highest BCUT2D eigenvalue weighted by Gasteiger charge is 2.39. The van der Waals surface area contributed by atoms with Crippen LogP contribution in [-0.2, 0) is 9.53 Å². The Kier molecular flexibility index (Phi) is 4.39. The van der Waals surface area contributed by atoms with E-state index in [1.807, 2.05) is 6.92 Å². The van der Waals surface area contributed by atoms with Gasteiger partial charge in [0.2, 0.25) is 5.91 Å². The van der Waals surface area contributed by atoms with E-state index >= 15 is 0 Å². The maximum absolute atomic E-state index is 12.5. The van der Waals surface area contributed by atoms with Crippen molar-refractivity contribution >= 4 is 17.6 Å². The number of para-hydroxylation sites is 1. The number of benzene rings is 1. The number of rotatable bonds is 4. The molecule has 1 fully saturated rings. The molecule has 5 heteroatoms. The Balaban J connectivity index is 2.22. The summed E-state index contributed by atoms with van der Waals surface area (Å²) in [6.07, 6.45) is 1.59. The highest BCUT2D eigenvalue weighted by molar-refractivity contribution is 6.03. The number of hydrogen-bond donors (Lipinski definition) is 2. The molecule has 108 valence electrons. The smallest absolute Gasteiger partial charge is 0.339 e. The van der Waals surface area contributed by atoms with Gasteiger partial charge in [0, 0.05) is 6.54 Å². The molecular weight excluding hydrogens is 256 g/mol. The molecule has 1 amide bonds. The van der Waals surface area contributed by atoms with E-state index in [1.165, 1.54) is 7.11 Å². The molecule has 1 aromatic carbocycles. The predicted octanol–water partition coefficient (Wildman–Crippen LogP) is 1.80. The summed E-state index contributed by atoms with van der Waals surface area (Å²) in [7, 11) is 1.33. The number of nitrogens with one attached hydrogen (secondary N) is 2. The largest absolute Gasteiger partial charge is 0.465 e. The van der Waals surface area contributed by atoms with Gasteiger partial charge in [0.25, 0.3) is 0 Å². The third kappa shape index (κ3) is 2.67. The molecule has 0 aromatic heterocycles. The second-order valence-corrected chi connectivity index (χ2v) is 5.05. The zero-order chi connectivity index (χ0) is 14.6. The predicted molar refractivity (Wildman–Crippen MR) is 76.6 cm³/mol. The van der Waals surface area contributed by atoms with E-state index in [-0.39, 0.29) is 11.3 Å². The first kappa shape index (κ1) is 14.5. The van der Waals surface area contributed by atoms with Crippen molar-refractivity contribution in [2.45, 2.75) is 19.8 Å². The summed E-state index contributed by atoms with van der Waals surface area (Å²) < 4.78 is 4.73. The number of esters is 1. The van der Waals surface area contributed by atoms with Crippen LogP contribution in [0.5, 0.6) is 0 Å². The second-order valence-electron chi connectivity index (χ2n) is 5.05. The molecule has 20 heavy (non-hydrogen) atoms. The van der Waals surface area contributed by atoms with E-state index in [1.54, 1.807) is 24.3 Å². The van der Waals surface area contributed by atoms with Crippen molar-refractivity contribution in [2.75, 3.05) is 25.5 Å². The molecule has 5 nitrogen and oxygen atoms in total. The SMILES string of the molecule is CCC1(C(=O)Nc2ccccc2C(=O)OC)CCNC1. The zero-order valence-corrected chi connectivity index (χ0v) is 11.9. The zero-order valence-electron chi connectivity index (χ0n) is 11.9. The Morgan fingerprint density at radius 2 is 2.15 bits per heavy atom. The van der Waals surface area contributed by atoms with Crippen LogP contribution in [0, 0.1) is 5.41 Å². The van der Waals surface area contributed by atoms with Gasteiger partial charge < -0.3 is 15.4 Å². The van der Waals surface area contributed by atoms with Gasteiger partial charge in [-0.15, -0.1) is 0 Å². The quantitative estimate of drug-likeness (QED) is 0.823. The maximum Gasteiger partial charge on any atom is 0.339 e. The van der Waals surface area contributed by atoms with Gasteiger partial charge in [0.05, 0.1) is 23.8 Å². The van der Waals surface area contributed by atoms with Crippen molar-refractivity contribution in [3.63, 3.8) is 0 Å². The Labute approximate surface area is 118 Å². The number of anilines is 1. The van der Waals surface area contributed by atoms with E-state index in [4.69, 9.17) is 4.74 Å². The molecule has 0 bridgehead atoms. The molecule has 2 rings (SSSR count). The standard InChI is InChI=1S/C15H20N2O3/c1-3-15(8-9-16-10-15)14(19)17-12-7-5-4-6-11(12)13(18)20-2/h4-7,16H,3,8-10H2,1-2H3,(H,17,19). The third-order valence-corrected chi connectivity index (χ3v) is 3.98. The minimum atomic E-state index is -0.448. The van der Waals surface area contributed by atoms with Crippen LogP contribution in [0.4, 0.5) is 5.69 Å². The Morgan fingerprint density at radius 1 is 1.40 bits per heavy atom. The van der Waals surface area contributed by atoms with Crippen LogP contribution >= 0.6 is 0 Å². The summed E-state index contributed by atoms with van der Waals surface area (Å²) >= 11 is 0. The summed E-state index contributed by atoms with van der Waals surface area (Å²) in [6, 6.07) is 6.89. The molecule has 2 N–H and O–H groups in total. The topological polar surface area (TPSA) is 67.4 Å². The molecular formula is C15H20N2O3. The van der Waals surface area contributed by atoms with Crippen LogP contribution in [0.2, 0.25) is 0 Å². The Hall–Kier alpha value is -1.88. The van der Waals surface area contributed by atoms with Crippen molar-refractivity contribution in [2.24, 2.45) is 5.41 Å². The first-order valence-corrected chi connectivity index (χ1v) is 6.82. The molecule has 0 radical (unpaired) electrons. The van der Waals surface area contributed by atoms with Crippen LogP contribution in [0.3, 0.4) is 0 Å². The van der Waals surface area contributed by atoms with Crippen LogP contribution in [0.1, 0.15) is 30.1 Å². The van der Waals surface area contributed by atoms with Crippen molar-refractivity contribution in [3.05, 3.63) is 29.8 Å². The molecule has 1 unspecified atom stereocenters. The van der Waals surface area contributed by atoms with Gasteiger partial charge in [-0.3, -0.25) is 4.79 Å². The lowest BCUT2D eigenvalue weighted by Crippen LogP contribution is -2.37. The number of hydrogen-bond acceptors (Lipinski definition) is 4. The fourth-order valence-electron chi connectivity index (χ4n) is 2.53. The molecule has 1 aromatic rings. The van der Waals surface area contributed by atoms with E-state index in [0.29, 0.717) is 17.8 Å². The third-order valence-electron chi connectivity index (χ3n) is 3.98. The molecule has 0 spiro atoms. The van der Waals surface area contributed by atoms with Gasteiger partial charge in [-0.1, -0.05) is 19.1 Å². The number of ether oxygens (including phenoxy) is 1. The number of methoxy groups -OCH3 is 1. The normalized spacial score (nSPS) is 21.5. The summed E-state index contributed by atoms with van der Waals surface area (Å²) in [5, 5.41) is 6.11. The van der Waals surface area contributed by atoms with E-state index in [2.05, 4.69) is 10.6 Å². The Bertz CT molecular complexity index is 508. The fourth-order valence-corrected chi connectivity index (χ4v) is 2.53. The second kappa shape index (κ2) is 6.05. The van der Waals surface area contributed by atoms with Crippen molar-refractivity contribution in [3.8, 4) is 0 Å². The summed E-state index contributed by atoms with van der Waals surface area (Å²) in [5.41, 5.74) is 0.494. The lowest BCUT2D eigenvalue weighted by atomic mass is 9.83. The first-order valence-electron chi connectivity index (χ1n) is 6.82. The van der Waals surface area contributed by atoms with Gasteiger partial charge in [-0.05, 0) is 31.5 Å². The molecule has 0 saturated carbocycles. The highest BCUT2D eigenvalue weighted by Crippen LogP contribution is 2.31.